The largest absolute Gasteiger partial charge is 0.444 e. The van der Waals surface area contributed by atoms with Gasteiger partial charge < -0.3 is 19.9 Å². The van der Waals surface area contributed by atoms with Gasteiger partial charge in [-0.15, -0.1) is 0 Å². The summed E-state index contributed by atoms with van der Waals surface area (Å²) >= 11 is 0. The van der Waals surface area contributed by atoms with E-state index in [1.165, 1.54) is 0 Å². The first-order valence-electron chi connectivity index (χ1n) is 10.4. The van der Waals surface area contributed by atoms with Crippen molar-refractivity contribution in [1.29, 1.82) is 0 Å². The molecule has 1 saturated carbocycles. The lowest BCUT2D eigenvalue weighted by molar-refractivity contribution is -0.115. The van der Waals surface area contributed by atoms with E-state index in [4.69, 9.17) is 4.74 Å². The van der Waals surface area contributed by atoms with Gasteiger partial charge >= 0.3 is 6.09 Å². The van der Waals surface area contributed by atoms with Crippen LogP contribution in [0.15, 0.2) is 18.2 Å². The zero-order valence-corrected chi connectivity index (χ0v) is 17.4. The summed E-state index contributed by atoms with van der Waals surface area (Å²) in [4.78, 5) is 41.2. The average Bonchev–Trinajstić information content (AvgIpc) is 3.23. The number of carbonyl (C=O) groups is 3. The van der Waals surface area contributed by atoms with Gasteiger partial charge in [-0.05, 0) is 70.2 Å². The van der Waals surface area contributed by atoms with E-state index >= 15 is 0 Å². The molecule has 1 atom stereocenters. The minimum absolute atomic E-state index is 0.0212. The molecular formula is C22H29N3O4. The molecule has 7 heteroatoms. The topological polar surface area (TPSA) is 79.0 Å². The molecule has 3 aliphatic rings. The lowest BCUT2D eigenvalue weighted by Crippen LogP contribution is -2.47. The summed E-state index contributed by atoms with van der Waals surface area (Å²) in [5.41, 5.74) is 1.73. The molecule has 0 spiro atoms. The van der Waals surface area contributed by atoms with E-state index in [0.717, 1.165) is 36.9 Å². The van der Waals surface area contributed by atoms with Crippen LogP contribution in [0.4, 0.5) is 10.5 Å². The molecule has 1 N–H and O–H groups in total. The van der Waals surface area contributed by atoms with Crippen molar-refractivity contribution in [3.05, 3.63) is 29.3 Å². The summed E-state index contributed by atoms with van der Waals surface area (Å²) in [5, 5.41) is 2.80. The fourth-order valence-electron chi connectivity index (χ4n) is 4.13. The van der Waals surface area contributed by atoms with Crippen LogP contribution in [0.2, 0.25) is 0 Å². The summed E-state index contributed by atoms with van der Waals surface area (Å²) in [6.45, 7) is 6.78. The quantitative estimate of drug-likeness (QED) is 0.843. The Morgan fingerprint density at radius 2 is 2.00 bits per heavy atom. The number of carbonyl (C=O) groups excluding carboxylic acids is 3. The summed E-state index contributed by atoms with van der Waals surface area (Å²) in [5.74, 6) is -0.0618. The Hall–Kier alpha value is -2.57. The smallest absolute Gasteiger partial charge is 0.410 e. The van der Waals surface area contributed by atoms with Gasteiger partial charge in [-0.25, -0.2) is 4.79 Å². The summed E-state index contributed by atoms with van der Waals surface area (Å²) in [7, 11) is 0. The van der Waals surface area contributed by atoms with Gasteiger partial charge in [0.25, 0.3) is 5.91 Å². The fraction of sp³-hybridized carbons (Fsp3) is 0.591. The van der Waals surface area contributed by atoms with E-state index in [1.807, 2.05) is 31.7 Å². The first-order valence-corrected chi connectivity index (χ1v) is 10.4. The Balaban J connectivity index is 1.48. The number of rotatable bonds is 4. The third-order valence-electron chi connectivity index (χ3n) is 5.64. The van der Waals surface area contributed by atoms with Crippen molar-refractivity contribution in [2.75, 3.05) is 18.4 Å². The van der Waals surface area contributed by atoms with E-state index in [1.54, 1.807) is 17.0 Å². The zero-order valence-electron chi connectivity index (χ0n) is 17.4. The number of likely N-dealkylation sites (tertiary alicyclic amines) is 1. The maximum absolute atomic E-state index is 13.3. The number of nitrogens with zero attached hydrogens (tertiary/aromatic N) is 2. The molecule has 0 radical (unpaired) electrons. The summed E-state index contributed by atoms with van der Waals surface area (Å²) in [6, 6.07) is 5.62. The normalized spacial score (nSPS) is 21.0. The molecule has 29 heavy (non-hydrogen) atoms. The molecule has 1 unspecified atom stereocenters. The average molecular weight is 399 g/mol. The number of hydrogen-bond acceptors (Lipinski definition) is 4. The van der Waals surface area contributed by atoms with E-state index in [0.29, 0.717) is 25.1 Å². The minimum atomic E-state index is -0.536. The van der Waals surface area contributed by atoms with Crippen LogP contribution in [-0.2, 0) is 16.0 Å². The first kappa shape index (κ1) is 19.7. The van der Waals surface area contributed by atoms with Crippen LogP contribution in [0, 0.1) is 0 Å². The lowest BCUT2D eigenvalue weighted by Gasteiger charge is -2.32. The Bertz CT molecular complexity index is 841. The number of benzene rings is 1. The van der Waals surface area contributed by atoms with E-state index in [2.05, 4.69) is 5.32 Å². The van der Waals surface area contributed by atoms with Crippen LogP contribution in [0.25, 0.3) is 0 Å². The molecule has 1 aromatic rings. The van der Waals surface area contributed by atoms with Crippen molar-refractivity contribution in [2.24, 2.45) is 0 Å². The number of anilines is 1. The van der Waals surface area contributed by atoms with Crippen molar-refractivity contribution >= 4 is 23.6 Å². The van der Waals surface area contributed by atoms with Gasteiger partial charge in [-0.2, -0.15) is 0 Å². The van der Waals surface area contributed by atoms with Crippen molar-refractivity contribution in [2.45, 2.75) is 70.6 Å². The highest BCUT2D eigenvalue weighted by Crippen LogP contribution is 2.32. The first-order chi connectivity index (χ1) is 13.7. The van der Waals surface area contributed by atoms with Gasteiger partial charge in [-0.1, -0.05) is 0 Å². The van der Waals surface area contributed by atoms with Crippen molar-refractivity contribution in [3.8, 4) is 0 Å². The van der Waals surface area contributed by atoms with Gasteiger partial charge in [0.15, 0.2) is 0 Å². The number of ether oxygens (including phenoxy) is 1. The maximum atomic E-state index is 13.3. The Morgan fingerprint density at radius 3 is 2.69 bits per heavy atom. The van der Waals surface area contributed by atoms with Crippen LogP contribution in [-0.4, -0.2) is 58.5 Å². The number of hydrogen-bond donors (Lipinski definition) is 1. The zero-order chi connectivity index (χ0) is 20.8. The molecule has 2 heterocycles. The predicted molar refractivity (Wildman–Crippen MR) is 109 cm³/mol. The molecule has 7 nitrogen and oxygen atoms in total. The third-order valence-corrected chi connectivity index (χ3v) is 5.64. The van der Waals surface area contributed by atoms with Gasteiger partial charge in [0, 0.05) is 30.4 Å². The SMILES string of the molecule is CC(C)(C)OC(=O)N1CCCC1CN(C(=O)c1ccc2c(c1)CC(=O)N2)C1CC1. The van der Waals surface area contributed by atoms with Crippen LogP contribution < -0.4 is 5.32 Å². The van der Waals surface area contributed by atoms with Crippen molar-refractivity contribution in [3.63, 3.8) is 0 Å². The van der Waals surface area contributed by atoms with E-state index in [9.17, 15) is 14.4 Å². The maximum Gasteiger partial charge on any atom is 0.410 e. The highest BCUT2D eigenvalue weighted by molar-refractivity contribution is 6.01. The number of nitrogens with one attached hydrogen (secondary N) is 1. The molecule has 2 fully saturated rings. The van der Waals surface area contributed by atoms with Gasteiger partial charge in [0.1, 0.15) is 5.60 Å². The van der Waals surface area contributed by atoms with E-state index in [-0.39, 0.29) is 30.0 Å². The summed E-state index contributed by atoms with van der Waals surface area (Å²) < 4.78 is 5.56. The molecule has 4 rings (SSSR count). The van der Waals surface area contributed by atoms with Crippen LogP contribution in [0.3, 0.4) is 0 Å². The fourth-order valence-corrected chi connectivity index (χ4v) is 4.13. The number of fused-ring (bicyclic) bond motifs is 1. The van der Waals surface area contributed by atoms with Gasteiger partial charge in [0.2, 0.25) is 5.91 Å². The molecule has 0 aromatic heterocycles. The standard InChI is InChI=1S/C22H29N3O4/c1-22(2,3)29-21(28)24-10-4-5-17(24)13-25(16-7-8-16)20(27)14-6-9-18-15(11-14)12-19(26)23-18/h6,9,11,16-17H,4-5,7-8,10,12-13H2,1-3H3,(H,23,26). The third kappa shape index (κ3) is 4.38. The molecule has 0 bridgehead atoms. The van der Waals surface area contributed by atoms with Crippen molar-refractivity contribution in [1.82, 2.24) is 9.80 Å². The molecule has 1 saturated heterocycles. The lowest BCUT2D eigenvalue weighted by atomic mass is 10.1. The van der Waals surface area contributed by atoms with Gasteiger partial charge in [-0.3, -0.25) is 9.59 Å². The van der Waals surface area contributed by atoms with Crippen LogP contribution >= 0.6 is 0 Å². The monoisotopic (exact) mass is 399 g/mol. The Labute approximate surface area is 171 Å². The molecular weight excluding hydrogens is 370 g/mol. The molecule has 3 amide bonds. The molecule has 1 aromatic carbocycles. The highest BCUT2D eigenvalue weighted by atomic mass is 16.6. The predicted octanol–water partition coefficient (Wildman–Crippen LogP) is 3.19. The van der Waals surface area contributed by atoms with E-state index < -0.39 is 5.60 Å². The second kappa shape index (κ2) is 7.35. The number of amides is 3. The molecule has 156 valence electrons. The molecule has 2 aliphatic heterocycles. The van der Waals surface area contributed by atoms with Gasteiger partial charge in [0.05, 0.1) is 12.5 Å². The van der Waals surface area contributed by atoms with Crippen LogP contribution in [0.1, 0.15) is 62.4 Å². The summed E-state index contributed by atoms with van der Waals surface area (Å²) in [6.07, 6.45) is 3.80. The highest BCUT2D eigenvalue weighted by Gasteiger charge is 2.39. The van der Waals surface area contributed by atoms with Crippen LogP contribution in [0.5, 0.6) is 0 Å². The second-order valence-electron chi connectivity index (χ2n) is 9.26. The Morgan fingerprint density at radius 1 is 1.24 bits per heavy atom. The Kier molecular flexibility index (Phi) is 5.00. The second-order valence-corrected chi connectivity index (χ2v) is 9.26. The minimum Gasteiger partial charge on any atom is -0.444 e. The molecule has 1 aliphatic carbocycles. The van der Waals surface area contributed by atoms with Crippen molar-refractivity contribution < 1.29 is 19.1 Å².